The Morgan fingerprint density at radius 3 is 2.28 bits per heavy atom. The first-order valence-electron chi connectivity index (χ1n) is 24.6. The van der Waals surface area contributed by atoms with Crippen LogP contribution in [0.4, 0.5) is 0 Å². The van der Waals surface area contributed by atoms with Crippen LogP contribution in [0, 0.1) is 11.8 Å². The first kappa shape index (κ1) is 50.0. The summed E-state index contributed by atoms with van der Waals surface area (Å²) < 4.78 is 59.4. The van der Waals surface area contributed by atoms with E-state index in [1.165, 1.54) is 11.9 Å². The van der Waals surface area contributed by atoms with E-state index in [9.17, 15) is 24.3 Å². The summed E-state index contributed by atoms with van der Waals surface area (Å²) in [5, 5.41) is 16.4. The fourth-order valence-electron chi connectivity index (χ4n) is 11.8. The zero-order chi connectivity index (χ0) is 47.5. The normalized spacial score (nSPS) is 40.5. The number of carbonyl (C=O) groups excluding carboxylic acids is 4. The average molecular weight is 940 g/mol. The van der Waals surface area contributed by atoms with Crippen molar-refractivity contribution in [1.29, 1.82) is 0 Å². The van der Waals surface area contributed by atoms with E-state index in [2.05, 4.69) is 43.9 Å². The van der Waals surface area contributed by atoms with Crippen LogP contribution in [0.5, 0.6) is 0 Å². The number of hydrogen-bond donors (Lipinski definition) is 3. The lowest BCUT2D eigenvalue weighted by Gasteiger charge is -2.48. The smallest absolute Gasteiger partial charge is 0.245 e. The van der Waals surface area contributed by atoms with Crippen LogP contribution in [0.15, 0.2) is 49.2 Å². The minimum Gasteiger partial charge on any atom is -0.387 e. The molecule has 8 aliphatic heterocycles. The third-order valence-corrected chi connectivity index (χ3v) is 15.5. The zero-order valence-corrected chi connectivity index (χ0v) is 39.5. The molecule has 8 heterocycles. The van der Waals surface area contributed by atoms with Gasteiger partial charge in [0.2, 0.25) is 17.7 Å². The molecule has 0 aromatic heterocycles. The molecule has 0 saturated carbocycles. The molecule has 8 rings (SSSR count). The number of ketones is 1. The highest BCUT2D eigenvalue weighted by molar-refractivity contribution is 5.92. The standard InChI is InChI=1S/C50H73N3O14/c1-8-42(56)51-24-43(57)52-25-44(58)53(6)29(5)35(55)22-41-45(59-7)34-21-30(54)20-33-12-14-37-47(64-33)48(50-49(66-37)46-38(67-50)15-17-61-46)60-16-9-10-31-19-27(3)36(62-31)13-11-32-18-26(2)28(4)39(63-32)23-40(34)65-41/h8,26,31-41,45-50,55H,1,3-5,9-25H2,2,6-7H3,(H,51,56)(H,52,57)/t26-,31+,32+,33-,34+,35+,36+,37+,38?,39-,40+,41-,45-,46+,47+,48+,49?,50?/m1/s1. The van der Waals surface area contributed by atoms with E-state index in [0.717, 1.165) is 62.2 Å². The molecular weight excluding hydrogens is 867 g/mol. The number of rotatable bonds is 10. The summed E-state index contributed by atoms with van der Waals surface area (Å²) in [5.41, 5.74) is 2.18. The van der Waals surface area contributed by atoms with Gasteiger partial charge in [-0.1, -0.05) is 33.2 Å². The van der Waals surface area contributed by atoms with Crippen LogP contribution < -0.4 is 10.6 Å². The number of likely N-dealkylation sites (N-methyl/N-ethyl adjacent to an activating group) is 1. The Kier molecular flexibility index (Phi) is 16.5. The Bertz CT molecular complexity index is 1860. The Morgan fingerprint density at radius 2 is 1.51 bits per heavy atom. The minimum absolute atomic E-state index is 0.00532. The largest absolute Gasteiger partial charge is 0.387 e. The molecule has 3 N–H and O–H groups in total. The quantitative estimate of drug-likeness (QED) is 0.213. The number of methoxy groups -OCH3 is 1. The van der Waals surface area contributed by atoms with Crippen LogP contribution in [0.1, 0.15) is 90.4 Å². The number of nitrogens with zero attached hydrogens (tertiary/aromatic N) is 1. The molecule has 6 bridgehead atoms. The number of carbonyl (C=O) groups is 4. The molecule has 17 heteroatoms. The molecule has 3 unspecified atom stereocenters. The number of ether oxygens (including phenoxy) is 9. The Morgan fingerprint density at radius 1 is 0.791 bits per heavy atom. The second kappa shape index (κ2) is 22.2. The predicted molar refractivity (Wildman–Crippen MR) is 242 cm³/mol. The van der Waals surface area contributed by atoms with Gasteiger partial charge in [-0.25, -0.2) is 0 Å². The van der Waals surface area contributed by atoms with Gasteiger partial charge in [-0.3, -0.25) is 19.2 Å². The maximum absolute atomic E-state index is 14.4. The van der Waals surface area contributed by atoms with Crippen molar-refractivity contribution >= 4 is 23.5 Å². The van der Waals surface area contributed by atoms with E-state index in [1.54, 1.807) is 7.11 Å². The van der Waals surface area contributed by atoms with E-state index in [-0.39, 0.29) is 117 Å². The second-order valence-electron chi connectivity index (χ2n) is 20.0. The van der Waals surface area contributed by atoms with Crippen LogP contribution in [0.2, 0.25) is 0 Å². The highest BCUT2D eigenvalue weighted by Gasteiger charge is 2.60. The van der Waals surface area contributed by atoms with Gasteiger partial charge >= 0.3 is 0 Å². The molecule has 8 fully saturated rings. The molecule has 372 valence electrons. The predicted octanol–water partition coefficient (Wildman–Crippen LogP) is 3.16. The first-order valence-corrected chi connectivity index (χ1v) is 24.6. The lowest BCUT2D eigenvalue weighted by molar-refractivity contribution is -0.271. The average Bonchev–Trinajstić information content (AvgIpc) is 4.08. The third-order valence-electron chi connectivity index (χ3n) is 15.5. The first-order chi connectivity index (χ1) is 32.2. The minimum atomic E-state index is -1.24. The van der Waals surface area contributed by atoms with Gasteiger partial charge < -0.3 is 63.3 Å². The third kappa shape index (κ3) is 11.5. The van der Waals surface area contributed by atoms with Crippen LogP contribution >= 0.6 is 0 Å². The molecule has 8 saturated heterocycles. The molecule has 0 aromatic rings. The van der Waals surface area contributed by atoms with Gasteiger partial charge in [0.25, 0.3) is 0 Å². The molecule has 3 amide bonds. The van der Waals surface area contributed by atoms with Crippen molar-refractivity contribution in [2.75, 3.05) is 40.5 Å². The van der Waals surface area contributed by atoms with Crippen molar-refractivity contribution in [2.45, 2.75) is 188 Å². The fourth-order valence-corrected chi connectivity index (χ4v) is 11.8. The lowest BCUT2D eigenvalue weighted by Crippen LogP contribution is -2.62. The highest BCUT2D eigenvalue weighted by atomic mass is 16.7. The number of aliphatic hydroxyl groups excluding tert-OH is 1. The van der Waals surface area contributed by atoms with Crippen molar-refractivity contribution in [1.82, 2.24) is 15.5 Å². The summed E-state index contributed by atoms with van der Waals surface area (Å²) in [6.07, 6.45) is 3.33. The molecule has 18 atom stereocenters. The fraction of sp³-hybridized carbons (Fsp3) is 0.760. The Hall–Kier alpha value is -3.36. The zero-order valence-electron chi connectivity index (χ0n) is 39.5. The van der Waals surface area contributed by atoms with E-state index in [1.807, 2.05) is 0 Å². The SMILES string of the molecule is C=CC(=O)NCC(=O)NCC(=O)N(C)C(=C)[C@@H](O)C[C@H]1O[C@H]2C[C@H]3O[C@@H](CC[C@@H]4O[C@@H](CCCO[C@@H]5C6OC7CCO[C@@H]7C6O[C@H]6CC[C@H](CC(=O)C[C@@H]2[C@H]1OC)O[C@@H]65)CC4=C)C[C@@H](C)C3=C. The maximum Gasteiger partial charge on any atom is 0.245 e. The summed E-state index contributed by atoms with van der Waals surface area (Å²) in [7, 11) is 3.04. The molecular formula is C50H73N3O14. The van der Waals surface area contributed by atoms with Crippen LogP contribution in [0.25, 0.3) is 0 Å². The number of aliphatic hydroxyl groups is 1. The topological polar surface area (TPSA) is 199 Å². The summed E-state index contributed by atoms with van der Waals surface area (Å²) in [5.74, 6) is -1.83. The van der Waals surface area contributed by atoms with Crippen LogP contribution in [-0.2, 0) is 61.8 Å². The van der Waals surface area contributed by atoms with Crippen molar-refractivity contribution in [2.24, 2.45) is 11.8 Å². The molecule has 0 radical (unpaired) electrons. The van der Waals surface area contributed by atoms with Gasteiger partial charge in [-0.05, 0) is 80.9 Å². The van der Waals surface area contributed by atoms with E-state index in [4.69, 9.17) is 42.6 Å². The van der Waals surface area contributed by atoms with Gasteiger partial charge in [0.05, 0.1) is 80.2 Å². The van der Waals surface area contributed by atoms with Gasteiger partial charge in [0, 0.05) is 64.7 Å². The second-order valence-corrected chi connectivity index (χ2v) is 20.0. The molecule has 0 aromatic carbocycles. The van der Waals surface area contributed by atoms with Gasteiger partial charge in [0.1, 0.15) is 36.3 Å². The lowest BCUT2D eigenvalue weighted by atomic mass is 9.81. The molecule has 67 heavy (non-hydrogen) atoms. The van der Waals surface area contributed by atoms with Crippen LogP contribution in [-0.4, -0.2) is 172 Å². The molecule has 17 nitrogen and oxygen atoms in total. The number of amides is 3. The van der Waals surface area contributed by atoms with Gasteiger partial charge in [-0.2, -0.15) is 0 Å². The van der Waals surface area contributed by atoms with Crippen molar-refractivity contribution in [3.8, 4) is 0 Å². The van der Waals surface area contributed by atoms with Crippen molar-refractivity contribution < 1.29 is 66.9 Å². The van der Waals surface area contributed by atoms with Gasteiger partial charge in [-0.15, -0.1) is 0 Å². The summed E-state index contributed by atoms with van der Waals surface area (Å²) >= 11 is 0. The number of nitrogens with one attached hydrogen (secondary N) is 2. The maximum atomic E-state index is 14.4. The molecule has 0 aliphatic carbocycles. The number of fused-ring (bicyclic) bond motifs is 10. The highest BCUT2D eigenvalue weighted by Crippen LogP contribution is 2.45. The Labute approximate surface area is 394 Å². The Balaban J connectivity index is 0.984. The molecule has 8 aliphatic rings. The summed E-state index contributed by atoms with van der Waals surface area (Å²) in [6, 6.07) is 0. The van der Waals surface area contributed by atoms with Crippen molar-refractivity contribution in [3.63, 3.8) is 0 Å². The van der Waals surface area contributed by atoms with E-state index in [0.29, 0.717) is 32.5 Å². The number of hydrogen-bond acceptors (Lipinski definition) is 14. The summed E-state index contributed by atoms with van der Waals surface area (Å²) in [4.78, 5) is 52.3. The van der Waals surface area contributed by atoms with Crippen LogP contribution in [0.3, 0.4) is 0 Å². The van der Waals surface area contributed by atoms with Crippen molar-refractivity contribution in [3.05, 3.63) is 49.2 Å². The molecule has 0 spiro atoms. The van der Waals surface area contributed by atoms with E-state index >= 15 is 0 Å². The summed E-state index contributed by atoms with van der Waals surface area (Å²) in [6.45, 7) is 18.9. The number of Topliss-reactive ketones (excluding diaryl/α,β-unsaturated/α-hetero) is 1. The monoisotopic (exact) mass is 940 g/mol. The van der Waals surface area contributed by atoms with Gasteiger partial charge in [0.15, 0.2) is 0 Å². The van der Waals surface area contributed by atoms with E-state index < -0.39 is 54.2 Å².